The summed E-state index contributed by atoms with van der Waals surface area (Å²) in [7, 11) is 0. The van der Waals surface area contributed by atoms with Crippen molar-refractivity contribution in [3.8, 4) is 33.4 Å². The average molecular weight is 792 g/mol. The molecule has 0 amide bonds. The fourth-order valence-corrected chi connectivity index (χ4v) is 12.4. The van der Waals surface area contributed by atoms with Crippen LogP contribution in [0, 0.1) is 0 Å². The van der Waals surface area contributed by atoms with Crippen molar-refractivity contribution >= 4 is 112 Å². The number of fused-ring (bicyclic) bond motifs is 9. The zero-order chi connectivity index (χ0) is 38.2. The van der Waals surface area contributed by atoms with Gasteiger partial charge in [-0.25, -0.2) is 0 Å². The molecule has 58 heavy (non-hydrogen) atoms. The van der Waals surface area contributed by atoms with Gasteiger partial charge in [0.25, 0.3) is 0 Å². The summed E-state index contributed by atoms with van der Waals surface area (Å²) in [6.45, 7) is 0. The maximum atomic E-state index is 2.57. The number of benzene rings is 9. The van der Waals surface area contributed by atoms with E-state index in [1.807, 2.05) is 34.0 Å². The van der Waals surface area contributed by atoms with Gasteiger partial charge in [-0.1, -0.05) is 146 Å². The summed E-state index contributed by atoms with van der Waals surface area (Å²) in [5.74, 6) is 0. The molecule has 12 aromatic rings. The monoisotopic (exact) mass is 791 g/mol. The van der Waals surface area contributed by atoms with Crippen LogP contribution in [0.25, 0.3) is 93.9 Å². The van der Waals surface area contributed by atoms with Crippen LogP contribution in [0.2, 0.25) is 0 Å². The number of thiophene rings is 3. The standard InChI is InChI=1S/C54H33NS3/c1-4-14-34(15-5-1)37-26-28-42-50(32-37)58-54-40(36-18-8-3-9-19-36)29-30-45(51(42)54)55(38-27-31-47-43(33-38)41-20-10-11-23-46(41)56-47)44-22-13-25-49-53(44)52-39(21-12-24-48(52)57-49)35-16-6-2-7-17-35/h1-33H. The summed E-state index contributed by atoms with van der Waals surface area (Å²) in [6, 6.07) is 73.9. The van der Waals surface area contributed by atoms with Gasteiger partial charge in [-0.2, -0.15) is 0 Å². The second-order valence-corrected chi connectivity index (χ2v) is 18.0. The molecule has 9 aromatic carbocycles. The SMILES string of the molecule is c1ccc(-c2ccc3c(c2)sc2c(-c4ccccc4)ccc(N(c4ccc5sc6ccccc6c5c4)c4cccc5sc6cccc(-c7ccccc7)c6c45)c23)cc1. The summed E-state index contributed by atoms with van der Waals surface area (Å²) in [6.07, 6.45) is 0. The Kier molecular flexibility index (Phi) is 7.83. The topological polar surface area (TPSA) is 3.24 Å². The van der Waals surface area contributed by atoms with Gasteiger partial charge in [0.15, 0.2) is 0 Å². The lowest BCUT2D eigenvalue weighted by molar-refractivity contribution is 1.33. The Balaban J connectivity index is 1.20. The molecular weight excluding hydrogens is 759 g/mol. The van der Waals surface area contributed by atoms with Gasteiger partial charge in [-0.15, -0.1) is 34.0 Å². The molecule has 3 heterocycles. The summed E-state index contributed by atoms with van der Waals surface area (Å²) < 4.78 is 7.76. The Morgan fingerprint density at radius 2 is 0.914 bits per heavy atom. The lowest BCUT2D eigenvalue weighted by Crippen LogP contribution is -2.11. The fraction of sp³-hybridized carbons (Fsp3) is 0. The molecule has 0 bridgehead atoms. The molecular formula is C54H33NS3. The van der Waals surface area contributed by atoms with E-state index >= 15 is 0 Å². The highest BCUT2D eigenvalue weighted by Gasteiger charge is 2.25. The third-order valence-corrected chi connectivity index (χ3v) is 14.9. The molecule has 12 rings (SSSR count). The van der Waals surface area contributed by atoms with Crippen LogP contribution in [0.1, 0.15) is 0 Å². The quantitative estimate of drug-likeness (QED) is 0.162. The zero-order valence-electron chi connectivity index (χ0n) is 31.2. The molecule has 0 radical (unpaired) electrons. The largest absolute Gasteiger partial charge is 0.309 e. The van der Waals surface area contributed by atoms with Crippen molar-refractivity contribution in [1.82, 2.24) is 0 Å². The van der Waals surface area contributed by atoms with Gasteiger partial charge in [0.05, 0.1) is 11.4 Å². The van der Waals surface area contributed by atoms with E-state index in [4.69, 9.17) is 0 Å². The van der Waals surface area contributed by atoms with Crippen molar-refractivity contribution in [1.29, 1.82) is 0 Å². The van der Waals surface area contributed by atoms with E-state index < -0.39 is 0 Å². The van der Waals surface area contributed by atoms with Crippen LogP contribution in [0.3, 0.4) is 0 Å². The maximum Gasteiger partial charge on any atom is 0.0555 e. The smallest absolute Gasteiger partial charge is 0.0555 e. The van der Waals surface area contributed by atoms with Gasteiger partial charge >= 0.3 is 0 Å². The molecule has 1 nitrogen and oxygen atoms in total. The molecule has 4 heteroatoms. The van der Waals surface area contributed by atoms with Gasteiger partial charge in [-0.3, -0.25) is 0 Å². The fourth-order valence-electron chi connectivity index (χ4n) is 8.86. The van der Waals surface area contributed by atoms with Crippen molar-refractivity contribution in [2.75, 3.05) is 4.90 Å². The van der Waals surface area contributed by atoms with Crippen LogP contribution >= 0.6 is 34.0 Å². The minimum Gasteiger partial charge on any atom is -0.309 e. The predicted molar refractivity (Wildman–Crippen MR) is 256 cm³/mol. The lowest BCUT2D eigenvalue weighted by Gasteiger charge is -2.28. The summed E-state index contributed by atoms with van der Waals surface area (Å²) in [4.78, 5) is 2.57. The summed E-state index contributed by atoms with van der Waals surface area (Å²) >= 11 is 5.66. The minimum absolute atomic E-state index is 1.15. The molecule has 0 aliphatic carbocycles. The van der Waals surface area contributed by atoms with Gasteiger partial charge < -0.3 is 4.90 Å². The number of hydrogen-bond acceptors (Lipinski definition) is 4. The van der Waals surface area contributed by atoms with Crippen LogP contribution in [0.4, 0.5) is 17.1 Å². The molecule has 0 saturated heterocycles. The highest BCUT2D eigenvalue weighted by Crippen LogP contribution is 2.53. The average Bonchev–Trinajstić information content (AvgIpc) is 3.99. The first-order chi connectivity index (χ1) is 28.8. The lowest BCUT2D eigenvalue weighted by atomic mass is 9.97. The first-order valence-corrected chi connectivity index (χ1v) is 22.0. The van der Waals surface area contributed by atoms with Crippen molar-refractivity contribution in [2.45, 2.75) is 0 Å². The van der Waals surface area contributed by atoms with Crippen molar-refractivity contribution in [3.63, 3.8) is 0 Å². The molecule has 0 N–H and O–H groups in total. The Morgan fingerprint density at radius 3 is 1.71 bits per heavy atom. The van der Waals surface area contributed by atoms with E-state index in [2.05, 4.69) is 205 Å². The third-order valence-electron chi connectivity index (χ3n) is 11.5. The van der Waals surface area contributed by atoms with E-state index in [1.165, 1.54) is 105 Å². The Hall–Kier alpha value is -6.56. The van der Waals surface area contributed by atoms with Crippen LogP contribution in [-0.2, 0) is 0 Å². The number of nitrogens with zero attached hydrogens (tertiary/aromatic N) is 1. The first-order valence-electron chi connectivity index (χ1n) is 19.6. The summed E-state index contributed by atoms with van der Waals surface area (Å²) in [5.41, 5.74) is 10.9. The minimum atomic E-state index is 1.15. The van der Waals surface area contributed by atoms with E-state index in [1.54, 1.807) is 0 Å². The molecule has 0 fully saturated rings. The highest BCUT2D eigenvalue weighted by atomic mass is 32.1. The van der Waals surface area contributed by atoms with E-state index in [0.29, 0.717) is 0 Å². The summed E-state index contributed by atoms with van der Waals surface area (Å²) in [5, 5.41) is 7.71. The first kappa shape index (κ1) is 33.6. The van der Waals surface area contributed by atoms with Crippen molar-refractivity contribution in [3.05, 3.63) is 200 Å². The van der Waals surface area contributed by atoms with Crippen LogP contribution in [0.15, 0.2) is 200 Å². The molecule has 0 aliphatic rings. The Bertz CT molecular complexity index is 3500. The number of anilines is 3. The molecule has 0 atom stereocenters. The molecule has 0 aliphatic heterocycles. The maximum absolute atomic E-state index is 2.57. The third kappa shape index (κ3) is 5.34. The molecule has 272 valence electrons. The Labute approximate surface area is 347 Å². The molecule has 0 spiro atoms. The second-order valence-electron chi connectivity index (χ2n) is 14.8. The van der Waals surface area contributed by atoms with Gasteiger partial charge in [0.2, 0.25) is 0 Å². The second kappa shape index (κ2) is 13.5. The predicted octanol–water partition coefficient (Wildman–Crippen LogP) is 17.3. The molecule has 0 saturated carbocycles. The zero-order valence-corrected chi connectivity index (χ0v) is 33.7. The van der Waals surface area contributed by atoms with Crippen molar-refractivity contribution < 1.29 is 0 Å². The van der Waals surface area contributed by atoms with Gasteiger partial charge in [0.1, 0.15) is 0 Å². The number of hydrogen-bond donors (Lipinski definition) is 0. The van der Waals surface area contributed by atoms with Gasteiger partial charge in [0, 0.05) is 66.2 Å². The highest BCUT2D eigenvalue weighted by molar-refractivity contribution is 7.27. The van der Waals surface area contributed by atoms with Crippen molar-refractivity contribution in [2.24, 2.45) is 0 Å². The van der Waals surface area contributed by atoms with Crippen LogP contribution in [-0.4, -0.2) is 0 Å². The Morgan fingerprint density at radius 1 is 0.293 bits per heavy atom. The normalized spacial score (nSPS) is 11.8. The molecule has 0 unspecified atom stereocenters. The molecule has 3 aromatic heterocycles. The van der Waals surface area contributed by atoms with Crippen LogP contribution in [0.5, 0.6) is 0 Å². The number of rotatable bonds is 6. The van der Waals surface area contributed by atoms with Gasteiger partial charge in [-0.05, 0) is 88.0 Å². The van der Waals surface area contributed by atoms with E-state index in [9.17, 15) is 0 Å². The van der Waals surface area contributed by atoms with E-state index in [0.717, 1.165) is 5.69 Å². The van der Waals surface area contributed by atoms with Crippen LogP contribution < -0.4 is 4.90 Å². The van der Waals surface area contributed by atoms with E-state index in [-0.39, 0.29) is 0 Å².